The number of rotatable bonds is 5. The Labute approximate surface area is 245 Å². The number of likely N-dealkylation sites (N-methyl/N-ethyl adjacent to an activating group) is 1. The largest absolute Gasteiger partial charge is 0.389 e. The lowest BCUT2D eigenvalue weighted by atomic mass is 9.94. The summed E-state index contributed by atoms with van der Waals surface area (Å²) in [5.74, 6) is -0.744. The van der Waals surface area contributed by atoms with E-state index in [9.17, 15) is 9.65 Å². The first-order chi connectivity index (χ1) is 20.3. The van der Waals surface area contributed by atoms with Crippen molar-refractivity contribution in [3.8, 4) is 17.3 Å². The highest BCUT2D eigenvalue weighted by Crippen LogP contribution is 2.45. The van der Waals surface area contributed by atoms with E-state index >= 15 is 4.39 Å². The highest BCUT2D eigenvalue weighted by atomic mass is 32.1. The standard InChI is InChI=1S/C29H30F2N8O2S/c1-37(2)11-16-12-38(5-6-41-16)15-3-4-39(10-15)29-35-8-18-19-13-40-14-20(19)22(24(31)25(18)36-29)26-23-17(7-32)28(33)42-27(23)21(30)9-34-26/h8-9,15-16H,3-6,10-14,33H2,1-2H3/t15-,16?/m0/s1. The van der Waals surface area contributed by atoms with Gasteiger partial charge < -0.3 is 25.0 Å². The number of hydrogen-bond donors (Lipinski definition) is 1. The maximum absolute atomic E-state index is 16.6. The van der Waals surface area contributed by atoms with Crippen LogP contribution in [0.3, 0.4) is 0 Å². The van der Waals surface area contributed by atoms with Crippen LogP contribution < -0.4 is 10.6 Å². The van der Waals surface area contributed by atoms with E-state index in [0.29, 0.717) is 29.5 Å². The normalized spacial score (nSPS) is 21.1. The number of nitrogens with zero attached hydrogens (tertiary/aromatic N) is 7. The summed E-state index contributed by atoms with van der Waals surface area (Å²) in [6.07, 6.45) is 3.84. The molecule has 1 unspecified atom stereocenters. The predicted octanol–water partition coefficient (Wildman–Crippen LogP) is 3.51. The van der Waals surface area contributed by atoms with Crippen molar-refractivity contribution < 1.29 is 18.3 Å². The van der Waals surface area contributed by atoms with Gasteiger partial charge in [0.15, 0.2) is 11.6 Å². The number of thiophene rings is 1. The highest BCUT2D eigenvalue weighted by molar-refractivity contribution is 7.23. The van der Waals surface area contributed by atoms with Gasteiger partial charge in [-0.15, -0.1) is 11.3 Å². The highest BCUT2D eigenvalue weighted by Gasteiger charge is 2.34. The molecule has 2 fully saturated rings. The lowest BCUT2D eigenvalue weighted by molar-refractivity contribution is -0.0489. The Morgan fingerprint density at radius 1 is 1.17 bits per heavy atom. The van der Waals surface area contributed by atoms with Crippen LogP contribution in [0.2, 0.25) is 0 Å². The molecule has 7 rings (SSSR count). The number of halogens is 2. The van der Waals surface area contributed by atoms with E-state index in [-0.39, 0.29) is 56.7 Å². The maximum atomic E-state index is 16.6. The van der Waals surface area contributed by atoms with Crippen LogP contribution in [0, 0.1) is 23.0 Å². The summed E-state index contributed by atoms with van der Waals surface area (Å²) in [5, 5.41) is 10.7. The first kappa shape index (κ1) is 27.3. The van der Waals surface area contributed by atoms with Gasteiger partial charge in [0.25, 0.3) is 0 Å². The third kappa shape index (κ3) is 4.45. The lowest BCUT2D eigenvalue weighted by Crippen LogP contribution is -2.51. The first-order valence-electron chi connectivity index (χ1n) is 13.9. The number of fused-ring (bicyclic) bond motifs is 4. The Morgan fingerprint density at radius 3 is 2.81 bits per heavy atom. The molecule has 0 bridgehead atoms. The number of nitriles is 1. The van der Waals surface area contributed by atoms with Crippen LogP contribution in [0.15, 0.2) is 12.4 Å². The molecule has 6 heterocycles. The fraction of sp³-hybridized carbons (Fsp3) is 0.448. The Bertz CT molecular complexity index is 1760. The molecule has 0 radical (unpaired) electrons. The molecular weight excluding hydrogens is 562 g/mol. The van der Waals surface area contributed by atoms with Crippen LogP contribution in [-0.4, -0.2) is 90.3 Å². The SMILES string of the molecule is CN(C)CC1CN([C@H]2CCN(c3ncc4c5c(c(-c6ncc(F)c7sc(N)c(C#N)c67)c(F)c4n3)COC5)C2)CCO1. The second kappa shape index (κ2) is 10.6. The van der Waals surface area contributed by atoms with Crippen LogP contribution in [0.1, 0.15) is 23.1 Å². The van der Waals surface area contributed by atoms with Gasteiger partial charge in [0.1, 0.15) is 16.6 Å². The summed E-state index contributed by atoms with van der Waals surface area (Å²) in [7, 11) is 4.10. The summed E-state index contributed by atoms with van der Waals surface area (Å²) in [5.41, 5.74) is 8.00. The average molecular weight is 593 g/mol. The molecule has 10 nitrogen and oxygen atoms in total. The van der Waals surface area contributed by atoms with Gasteiger partial charge in [0.2, 0.25) is 5.95 Å². The number of aromatic nitrogens is 3. The number of nitrogen functional groups attached to an aromatic ring is 1. The van der Waals surface area contributed by atoms with Crippen molar-refractivity contribution in [2.45, 2.75) is 31.8 Å². The molecule has 42 heavy (non-hydrogen) atoms. The van der Waals surface area contributed by atoms with Gasteiger partial charge in [0.05, 0.1) is 48.1 Å². The fourth-order valence-corrected chi connectivity index (χ4v) is 7.43. The molecule has 1 aromatic carbocycles. The number of anilines is 2. The Balaban J connectivity index is 1.27. The van der Waals surface area contributed by atoms with Crippen molar-refractivity contribution in [2.75, 3.05) is 64.1 Å². The monoisotopic (exact) mass is 592 g/mol. The Kier molecular flexibility index (Phi) is 6.91. The van der Waals surface area contributed by atoms with E-state index in [4.69, 9.17) is 20.2 Å². The molecular formula is C29H30F2N8O2S. The topological polar surface area (TPSA) is 117 Å². The zero-order valence-electron chi connectivity index (χ0n) is 23.4. The van der Waals surface area contributed by atoms with Crippen LogP contribution in [-0.2, 0) is 22.7 Å². The number of hydrogen-bond acceptors (Lipinski definition) is 11. The van der Waals surface area contributed by atoms with Crippen LogP contribution >= 0.6 is 11.3 Å². The van der Waals surface area contributed by atoms with E-state index in [1.165, 1.54) is 0 Å². The molecule has 0 spiro atoms. The van der Waals surface area contributed by atoms with Gasteiger partial charge >= 0.3 is 0 Å². The third-order valence-corrected chi connectivity index (χ3v) is 9.46. The maximum Gasteiger partial charge on any atom is 0.226 e. The minimum atomic E-state index is -0.609. The number of ether oxygens (including phenoxy) is 2. The van der Waals surface area contributed by atoms with Crippen molar-refractivity contribution >= 4 is 43.3 Å². The number of benzene rings is 1. The molecule has 218 valence electrons. The average Bonchev–Trinajstić information content (AvgIpc) is 3.73. The second-order valence-electron chi connectivity index (χ2n) is 11.3. The van der Waals surface area contributed by atoms with Crippen LogP contribution in [0.25, 0.3) is 32.2 Å². The van der Waals surface area contributed by atoms with Gasteiger partial charge in [-0.05, 0) is 31.6 Å². The first-order valence-corrected chi connectivity index (χ1v) is 14.8. The lowest BCUT2D eigenvalue weighted by Gasteiger charge is -2.37. The van der Waals surface area contributed by atoms with Crippen molar-refractivity contribution in [1.29, 1.82) is 5.26 Å². The predicted molar refractivity (Wildman–Crippen MR) is 156 cm³/mol. The number of pyridine rings is 1. The molecule has 2 N–H and O–H groups in total. The van der Waals surface area contributed by atoms with Crippen molar-refractivity contribution in [3.63, 3.8) is 0 Å². The zero-order valence-corrected chi connectivity index (χ0v) is 24.2. The summed E-state index contributed by atoms with van der Waals surface area (Å²) in [6, 6.07) is 2.38. The molecule has 2 atom stereocenters. The van der Waals surface area contributed by atoms with Crippen LogP contribution in [0.5, 0.6) is 0 Å². The molecule has 13 heteroatoms. The van der Waals surface area contributed by atoms with Crippen LogP contribution in [0.4, 0.5) is 19.7 Å². The number of nitrogens with two attached hydrogens (primary N) is 1. The molecule has 2 saturated heterocycles. The molecule has 3 aliphatic rings. The van der Waals surface area contributed by atoms with E-state index < -0.39 is 11.6 Å². The Hall–Kier alpha value is -3.54. The number of morpholine rings is 1. The molecule has 0 aliphatic carbocycles. The molecule has 0 amide bonds. The van der Waals surface area contributed by atoms with E-state index in [1.807, 2.05) is 6.07 Å². The van der Waals surface area contributed by atoms with Gasteiger partial charge in [-0.1, -0.05) is 0 Å². The summed E-state index contributed by atoms with van der Waals surface area (Å²) >= 11 is 0.956. The zero-order chi connectivity index (χ0) is 29.1. The van der Waals surface area contributed by atoms with Crippen molar-refractivity contribution in [2.24, 2.45) is 0 Å². The van der Waals surface area contributed by atoms with Gasteiger partial charge in [-0.25, -0.2) is 18.7 Å². The fourth-order valence-electron chi connectivity index (χ4n) is 6.50. The van der Waals surface area contributed by atoms with Gasteiger partial charge in [0, 0.05) is 61.3 Å². The van der Waals surface area contributed by atoms with Gasteiger partial charge in [-0.3, -0.25) is 9.88 Å². The molecule has 3 aliphatic heterocycles. The summed E-state index contributed by atoms with van der Waals surface area (Å²) in [4.78, 5) is 20.4. The summed E-state index contributed by atoms with van der Waals surface area (Å²) < 4.78 is 43.2. The quantitative estimate of drug-likeness (QED) is 0.369. The Morgan fingerprint density at radius 2 is 2.00 bits per heavy atom. The molecule has 0 saturated carbocycles. The van der Waals surface area contributed by atoms with Crippen molar-refractivity contribution in [3.05, 3.63) is 40.7 Å². The molecule has 3 aromatic heterocycles. The minimum Gasteiger partial charge on any atom is -0.389 e. The smallest absolute Gasteiger partial charge is 0.226 e. The van der Waals surface area contributed by atoms with Gasteiger partial charge in [-0.2, -0.15) is 5.26 Å². The minimum absolute atomic E-state index is 0.0894. The van der Waals surface area contributed by atoms with E-state index in [2.05, 4.69) is 38.8 Å². The van der Waals surface area contributed by atoms with E-state index in [1.54, 1.807) is 6.20 Å². The van der Waals surface area contributed by atoms with E-state index in [0.717, 1.165) is 62.2 Å². The van der Waals surface area contributed by atoms with Crippen molar-refractivity contribution in [1.82, 2.24) is 24.8 Å². The third-order valence-electron chi connectivity index (χ3n) is 8.43. The summed E-state index contributed by atoms with van der Waals surface area (Å²) in [6.45, 7) is 5.24. The second-order valence-corrected chi connectivity index (χ2v) is 12.4. The molecule has 4 aromatic rings.